The minimum absolute atomic E-state index is 0.0107. The summed E-state index contributed by atoms with van der Waals surface area (Å²) in [4.78, 5) is 9.00. The van der Waals surface area contributed by atoms with E-state index in [-0.39, 0.29) is 17.8 Å². The standard InChI is InChI=1S/C31H58O5.C2H4O2.C2H6/c1-8-15-31(7,34)36-17-24-16-19(2)9-12-26(24)22(5)29(32)30(33)23(6)27-13-10-20(3)25-14-11-21(4)35-18-28(25)27;1-2(3)4;1-2/h19-30,32-34H,8-18H2,1-7H3;1H3,(H,3,4);1-2H3/t19-,20-,21?,22?,23?,24?,25?,26+,27+,28?,29?,30?,31+;;/m1../s1. The van der Waals surface area contributed by atoms with E-state index in [1.165, 1.54) is 12.8 Å². The van der Waals surface area contributed by atoms with Crippen molar-refractivity contribution < 1.29 is 34.7 Å². The van der Waals surface area contributed by atoms with Crippen molar-refractivity contribution in [3.8, 4) is 0 Å². The molecule has 3 fully saturated rings. The van der Waals surface area contributed by atoms with Crippen molar-refractivity contribution in [2.45, 2.75) is 151 Å². The lowest BCUT2D eigenvalue weighted by Crippen LogP contribution is -2.48. The number of carboxylic acid groups (broad SMARTS) is 1. The highest BCUT2D eigenvalue weighted by Crippen LogP contribution is 2.48. The molecule has 0 amide bonds. The van der Waals surface area contributed by atoms with Crippen LogP contribution in [0.25, 0.3) is 0 Å². The van der Waals surface area contributed by atoms with Crippen LogP contribution in [0.15, 0.2) is 0 Å². The quantitative estimate of drug-likeness (QED) is 0.197. The number of hydrogen-bond acceptors (Lipinski definition) is 6. The molecule has 42 heavy (non-hydrogen) atoms. The molecule has 1 heterocycles. The molecular weight excluding hydrogens is 532 g/mol. The number of hydrogen-bond donors (Lipinski definition) is 4. The van der Waals surface area contributed by atoms with Gasteiger partial charge < -0.3 is 29.9 Å². The Morgan fingerprint density at radius 2 is 1.48 bits per heavy atom. The van der Waals surface area contributed by atoms with E-state index < -0.39 is 24.0 Å². The van der Waals surface area contributed by atoms with Gasteiger partial charge in [-0.1, -0.05) is 67.7 Å². The fourth-order valence-corrected chi connectivity index (χ4v) is 8.16. The molecular formula is C35H68O7. The normalized spacial score (nSPS) is 35.7. The Morgan fingerprint density at radius 3 is 2.05 bits per heavy atom. The van der Waals surface area contributed by atoms with Crippen LogP contribution in [0.1, 0.15) is 127 Å². The number of aliphatic hydroxyl groups is 3. The zero-order chi connectivity index (χ0) is 32.2. The van der Waals surface area contributed by atoms with E-state index in [1.54, 1.807) is 6.92 Å². The monoisotopic (exact) mass is 600 g/mol. The van der Waals surface area contributed by atoms with Gasteiger partial charge in [0, 0.05) is 13.3 Å². The largest absolute Gasteiger partial charge is 0.481 e. The van der Waals surface area contributed by atoms with Crippen LogP contribution in [0.5, 0.6) is 0 Å². The van der Waals surface area contributed by atoms with Crippen LogP contribution in [-0.2, 0) is 14.3 Å². The van der Waals surface area contributed by atoms with Crippen molar-refractivity contribution in [3.05, 3.63) is 0 Å². The first-order valence-electron chi connectivity index (χ1n) is 17.2. The van der Waals surface area contributed by atoms with Gasteiger partial charge in [0.2, 0.25) is 0 Å². The molecule has 1 aliphatic heterocycles. The molecule has 13 atom stereocenters. The maximum Gasteiger partial charge on any atom is 0.300 e. The van der Waals surface area contributed by atoms with Gasteiger partial charge in [-0.2, -0.15) is 0 Å². The highest BCUT2D eigenvalue weighted by atomic mass is 16.6. The summed E-state index contributed by atoms with van der Waals surface area (Å²) in [5.74, 6) is 1.55. The van der Waals surface area contributed by atoms with Crippen molar-refractivity contribution in [3.63, 3.8) is 0 Å². The summed E-state index contributed by atoms with van der Waals surface area (Å²) in [6, 6.07) is 0. The lowest BCUT2D eigenvalue weighted by Gasteiger charge is -2.46. The van der Waals surface area contributed by atoms with Crippen molar-refractivity contribution >= 4 is 5.97 Å². The lowest BCUT2D eigenvalue weighted by atomic mass is 9.61. The summed E-state index contributed by atoms with van der Waals surface area (Å²) >= 11 is 0. The van der Waals surface area contributed by atoms with Crippen LogP contribution in [-0.4, -0.2) is 63.7 Å². The van der Waals surface area contributed by atoms with Gasteiger partial charge in [0.05, 0.1) is 31.5 Å². The molecule has 3 rings (SSSR count). The summed E-state index contributed by atoms with van der Waals surface area (Å²) in [5, 5.41) is 41.0. The molecule has 0 aromatic heterocycles. The summed E-state index contributed by atoms with van der Waals surface area (Å²) < 4.78 is 12.2. The van der Waals surface area contributed by atoms with E-state index >= 15 is 0 Å². The molecule has 2 aliphatic carbocycles. The van der Waals surface area contributed by atoms with E-state index in [0.717, 1.165) is 52.1 Å². The van der Waals surface area contributed by atoms with E-state index in [0.29, 0.717) is 54.6 Å². The summed E-state index contributed by atoms with van der Waals surface area (Å²) in [5.41, 5.74) is 0. The number of aliphatic carboxylic acids is 1. The maximum atomic E-state index is 11.5. The number of carbonyl (C=O) groups is 1. The molecule has 4 N–H and O–H groups in total. The van der Waals surface area contributed by atoms with E-state index in [9.17, 15) is 15.3 Å². The van der Waals surface area contributed by atoms with Gasteiger partial charge in [-0.15, -0.1) is 0 Å². The highest BCUT2D eigenvalue weighted by Gasteiger charge is 2.45. The van der Waals surface area contributed by atoms with Gasteiger partial charge in [0.25, 0.3) is 5.97 Å². The number of aliphatic hydroxyl groups excluding tert-OH is 2. The molecule has 7 nitrogen and oxygen atoms in total. The van der Waals surface area contributed by atoms with Crippen LogP contribution in [0.2, 0.25) is 0 Å². The molecule has 0 aromatic carbocycles. The Labute approximate surface area is 258 Å². The highest BCUT2D eigenvalue weighted by molar-refractivity contribution is 5.62. The van der Waals surface area contributed by atoms with Gasteiger partial charge in [-0.25, -0.2) is 0 Å². The number of ether oxygens (including phenoxy) is 2. The molecule has 1 saturated heterocycles. The third-order valence-electron chi connectivity index (χ3n) is 10.7. The van der Waals surface area contributed by atoms with Crippen molar-refractivity contribution in [2.75, 3.05) is 13.2 Å². The van der Waals surface area contributed by atoms with Gasteiger partial charge in [0.1, 0.15) is 0 Å². The smallest absolute Gasteiger partial charge is 0.300 e. The Kier molecular flexibility index (Phi) is 17.7. The maximum absolute atomic E-state index is 11.5. The Morgan fingerprint density at radius 1 is 0.929 bits per heavy atom. The summed E-state index contributed by atoms with van der Waals surface area (Å²) in [6.45, 7) is 21.4. The zero-order valence-corrected chi connectivity index (χ0v) is 28.7. The van der Waals surface area contributed by atoms with Gasteiger partial charge >= 0.3 is 0 Å². The van der Waals surface area contributed by atoms with E-state index in [2.05, 4.69) is 41.5 Å². The third-order valence-corrected chi connectivity index (χ3v) is 10.7. The van der Waals surface area contributed by atoms with Crippen LogP contribution in [0.3, 0.4) is 0 Å². The first kappa shape index (κ1) is 39.3. The average molecular weight is 601 g/mol. The molecule has 7 heteroatoms. The molecule has 0 spiro atoms. The predicted molar refractivity (Wildman–Crippen MR) is 170 cm³/mol. The second-order valence-corrected chi connectivity index (χ2v) is 14.1. The third kappa shape index (κ3) is 12.0. The lowest BCUT2D eigenvalue weighted by molar-refractivity contribution is -0.208. The molecule has 0 bridgehead atoms. The van der Waals surface area contributed by atoms with Crippen LogP contribution >= 0.6 is 0 Å². The number of rotatable bonds is 10. The molecule has 250 valence electrons. The Hall–Kier alpha value is -0.730. The molecule has 0 aromatic rings. The molecule has 8 unspecified atom stereocenters. The fraction of sp³-hybridized carbons (Fsp3) is 0.971. The Bertz CT molecular complexity index is 739. The van der Waals surface area contributed by atoms with Crippen molar-refractivity contribution in [2.24, 2.45) is 53.3 Å². The molecule has 2 saturated carbocycles. The average Bonchev–Trinajstić information content (AvgIpc) is 3.14. The first-order chi connectivity index (χ1) is 19.7. The van der Waals surface area contributed by atoms with Crippen LogP contribution in [0, 0.1) is 53.3 Å². The van der Waals surface area contributed by atoms with Crippen molar-refractivity contribution in [1.29, 1.82) is 0 Å². The zero-order valence-electron chi connectivity index (χ0n) is 28.7. The minimum atomic E-state index is -1.09. The number of fused-ring (bicyclic) bond motifs is 1. The van der Waals surface area contributed by atoms with E-state index in [4.69, 9.17) is 19.4 Å². The summed E-state index contributed by atoms with van der Waals surface area (Å²) in [7, 11) is 0. The first-order valence-corrected chi connectivity index (χ1v) is 17.2. The second kappa shape index (κ2) is 18.9. The van der Waals surface area contributed by atoms with E-state index in [1.807, 2.05) is 13.8 Å². The summed E-state index contributed by atoms with van der Waals surface area (Å²) in [6.07, 6.45) is 8.25. The fourth-order valence-electron chi connectivity index (χ4n) is 8.16. The molecule has 0 radical (unpaired) electrons. The number of carboxylic acids is 1. The second-order valence-electron chi connectivity index (χ2n) is 14.1. The predicted octanol–water partition coefficient (Wildman–Crippen LogP) is 7.15. The SMILES string of the molecule is CC.CC(=O)O.CCC[C@@](C)(O)OCC1C[C@H](C)CC[C@H]1C(C)C(O)C(O)C(C)[C@@H]1CC[C@@H](C)C2CCC(C)OCC21. The van der Waals surface area contributed by atoms with Gasteiger partial charge in [-0.05, 0) is 99.2 Å². The Balaban J connectivity index is 0.00000135. The van der Waals surface area contributed by atoms with Gasteiger partial charge in [-0.3, -0.25) is 4.79 Å². The van der Waals surface area contributed by atoms with Crippen LogP contribution in [0.4, 0.5) is 0 Å². The minimum Gasteiger partial charge on any atom is -0.481 e. The van der Waals surface area contributed by atoms with Crippen molar-refractivity contribution in [1.82, 2.24) is 0 Å². The molecule has 3 aliphatic rings. The topological polar surface area (TPSA) is 116 Å². The van der Waals surface area contributed by atoms with Gasteiger partial charge in [0.15, 0.2) is 5.79 Å². The van der Waals surface area contributed by atoms with Crippen LogP contribution < -0.4 is 0 Å².